The van der Waals surface area contributed by atoms with Crippen molar-refractivity contribution in [3.8, 4) is 0 Å². The average molecular weight is 420 g/mol. The first-order valence-corrected chi connectivity index (χ1v) is 9.23. The fraction of sp³-hybridized carbons (Fsp3) is 0.150. The molecule has 0 spiro atoms. The Bertz CT molecular complexity index is 1090. The number of nitrogens with zero attached hydrogens (tertiary/aromatic N) is 2. The molecule has 0 saturated heterocycles. The monoisotopic (exact) mass is 419 g/mol. The molecule has 0 radical (unpaired) electrons. The normalized spacial score (nSPS) is 11.9. The summed E-state index contributed by atoms with van der Waals surface area (Å²) in [6.07, 6.45) is 2.89. The topological polar surface area (TPSA) is 64.0 Å². The SMILES string of the molecule is CCn1cc(C(=O)NC(c2ccc(Cl)c(Cl)c2)c2ncccc2F)ccc1=O. The van der Waals surface area contributed by atoms with Gasteiger partial charge in [-0.2, -0.15) is 0 Å². The number of rotatable bonds is 5. The van der Waals surface area contributed by atoms with Crippen molar-refractivity contribution in [1.82, 2.24) is 14.9 Å². The van der Waals surface area contributed by atoms with Crippen molar-refractivity contribution in [1.29, 1.82) is 0 Å². The molecule has 0 aliphatic heterocycles. The molecule has 5 nitrogen and oxygen atoms in total. The first-order chi connectivity index (χ1) is 13.4. The largest absolute Gasteiger partial charge is 0.339 e. The van der Waals surface area contributed by atoms with Gasteiger partial charge in [-0.3, -0.25) is 14.6 Å². The lowest BCUT2D eigenvalue weighted by Gasteiger charge is -2.20. The van der Waals surface area contributed by atoms with Crippen LogP contribution in [0.5, 0.6) is 0 Å². The van der Waals surface area contributed by atoms with Crippen LogP contribution in [0.25, 0.3) is 0 Å². The molecule has 1 N–H and O–H groups in total. The lowest BCUT2D eigenvalue weighted by Crippen LogP contribution is -2.31. The summed E-state index contributed by atoms with van der Waals surface area (Å²) in [6, 6.07) is 9.32. The Hall–Kier alpha value is -2.70. The van der Waals surface area contributed by atoms with E-state index in [9.17, 15) is 14.0 Å². The Balaban J connectivity index is 2.02. The summed E-state index contributed by atoms with van der Waals surface area (Å²) in [6.45, 7) is 2.22. The van der Waals surface area contributed by atoms with Gasteiger partial charge in [-0.25, -0.2) is 4.39 Å². The minimum absolute atomic E-state index is 0.0399. The van der Waals surface area contributed by atoms with E-state index in [2.05, 4.69) is 10.3 Å². The number of nitrogens with one attached hydrogen (secondary N) is 1. The fourth-order valence-corrected chi connectivity index (χ4v) is 3.05. The van der Waals surface area contributed by atoms with Crippen LogP contribution in [0, 0.1) is 5.82 Å². The predicted octanol–water partition coefficient (Wildman–Crippen LogP) is 4.23. The van der Waals surface area contributed by atoms with E-state index in [-0.39, 0.29) is 21.8 Å². The number of carbonyl (C=O) groups excluding carboxylic acids is 1. The van der Waals surface area contributed by atoms with Gasteiger partial charge >= 0.3 is 0 Å². The predicted molar refractivity (Wildman–Crippen MR) is 106 cm³/mol. The molecule has 3 aromatic rings. The van der Waals surface area contributed by atoms with Gasteiger partial charge in [-0.15, -0.1) is 0 Å². The minimum Gasteiger partial charge on any atom is -0.339 e. The molecule has 0 fully saturated rings. The third kappa shape index (κ3) is 4.24. The molecule has 1 aromatic carbocycles. The van der Waals surface area contributed by atoms with E-state index in [0.29, 0.717) is 17.1 Å². The van der Waals surface area contributed by atoms with Gasteiger partial charge in [0.25, 0.3) is 11.5 Å². The number of carbonyl (C=O) groups is 1. The van der Waals surface area contributed by atoms with Gasteiger partial charge in [0, 0.05) is 25.0 Å². The number of hydrogen-bond donors (Lipinski definition) is 1. The first-order valence-electron chi connectivity index (χ1n) is 8.47. The van der Waals surface area contributed by atoms with Crippen LogP contribution in [0.15, 0.2) is 59.7 Å². The number of aryl methyl sites for hydroxylation is 1. The zero-order valence-corrected chi connectivity index (χ0v) is 16.3. The van der Waals surface area contributed by atoms with Crippen LogP contribution < -0.4 is 10.9 Å². The number of hydrogen-bond acceptors (Lipinski definition) is 3. The standard InChI is InChI=1S/C20H16Cl2FN3O2/c1-2-26-11-13(6-8-17(26)27)20(28)25-18(19-16(23)4-3-9-24-19)12-5-7-14(21)15(22)10-12/h3-11,18H,2H2,1H3,(H,25,28). The van der Waals surface area contributed by atoms with E-state index in [1.165, 1.54) is 41.2 Å². The maximum absolute atomic E-state index is 14.4. The number of amides is 1. The summed E-state index contributed by atoms with van der Waals surface area (Å²) in [7, 11) is 0. The van der Waals surface area contributed by atoms with Crippen LogP contribution in [-0.2, 0) is 6.54 Å². The quantitative estimate of drug-likeness (QED) is 0.672. The number of benzene rings is 1. The molecule has 0 saturated carbocycles. The van der Waals surface area contributed by atoms with Gasteiger partial charge in [-0.05, 0) is 42.8 Å². The number of halogens is 3. The zero-order chi connectivity index (χ0) is 20.3. The molecule has 0 bridgehead atoms. The second kappa shape index (κ2) is 8.54. The van der Waals surface area contributed by atoms with E-state index in [4.69, 9.17) is 23.2 Å². The van der Waals surface area contributed by atoms with Crippen molar-refractivity contribution >= 4 is 29.1 Å². The zero-order valence-electron chi connectivity index (χ0n) is 14.8. The highest BCUT2D eigenvalue weighted by molar-refractivity contribution is 6.42. The van der Waals surface area contributed by atoms with Crippen molar-refractivity contribution < 1.29 is 9.18 Å². The Morgan fingerprint density at radius 1 is 1.21 bits per heavy atom. The molecule has 3 rings (SSSR count). The average Bonchev–Trinajstić information content (AvgIpc) is 2.69. The highest BCUT2D eigenvalue weighted by Gasteiger charge is 2.23. The Labute approximate surface area is 170 Å². The molecule has 0 aliphatic carbocycles. The molecule has 1 amide bonds. The van der Waals surface area contributed by atoms with Gasteiger partial charge in [0.1, 0.15) is 11.5 Å². The summed E-state index contributed by atoms with van der Waals surface area (Å²) < 4.78 is 15.8. The Kier molecular flexibility index (Phi) is 6.11. The highest BCUT2D eigenvalue weighted by Crippen LogP contribution is 2.29. The van der Waals surface area contributed by atoms with Crippen LogP contribution in [0.3, 0.4) is 0 Å². The van der Waals surface area contributed by atoms with Crippen molar-refractivity contribution in [3.63, 3.8) is 0 Å². The van der Waals surface area contributed by atoms with Crippen LogP contribution in [0.4, 0.5) is 4.39 Å². The summed E-state index contributed by atoms with van der Waals surface area (Å²) in [5.41, 5.74) is 0.612. The molecule has 2 aromatic heterocycles. The lowest BCUT2D eigenvalue weighted by atomic mass is 10.0. The molecule has 0 aliphatic rings. The van der Waals surface area contributed by atoms with Crippen LogP contribution >= 0.6 is 23.2 Å². The summed E-state index contributed by atoms with van der Waals surface area (Å²) in [5.74, 6) is -1.05. The van der Waals surface area contributed by atoms with Gasteiger partial charge in [-0.1, -0.05) is 29.3 Å². The minimum atomic E-state index is -0.898. The summed E-state index contributed by atoms with van der Waals surface area (Å²) >= 11 is 12.1. The van der Waals surface area contributed by atoms with Crippen molar-refractivity contribution in [2.24, 2.45) is 0 Å². The van der Waals surface area contributed by atoms with E-state index >= 15 is 0 Å². The third-order valence-corrected chi connectivity index (χ3v) is 4.94. The van der Waals surface area contributed by atoms with Crippen molar-refractivity contribution in [3.05, 3.63) is 97.9 Å². The van der Waals surface area contributed by atoms with Gasteiger partial charge in [0.15, 0.2) is 0 Å². The lowest BCUT2D eigenvalue weighted by molar-refractivity contribution is 0.0941. The fourth-order valence-electron chi connectivity index (χ4n) is 2.74. The van der Waals surface area contributed by atoms with E-state index in [1.807, 2.05) is 0 Å². The van der Waals surface area contributed by atoms with Crippen molar-refractivity contribution in [2.45, 2.75) is 19.5 Å². The molecule has 1 atom stereocenters. The highest BCUT2D eigenvalue weighted by atomic mass is 35.5. The maximum Gasteiger partial charge on any atom is 0.253 e. The molecule has 1 unspecified atom stereocenters. The summed E-state index contributed by atoms with van der Waals surface area (Å²) in [5, 5.41) is 3.38. The van der Waals surface area contributed by atoms with E-state index in [1.54, 1.807) is 25.1 Å². The molecular weight excluding hydrogens is 404 g/mol. The third-order valence-electron chi connectivity index (χ3n) is 4.20. The molecule has 28 heavy (non-hydrogen) atoms. The Morgan fingerprint density at radius 2 is 2.00 bits per heavy atom. The van der Waals surface area contributed by atoms with E-state index < -0.39 is 17.8 Å². The molecule has 2 heterocycles. The van der Waals surface area contributed by atoms with Crippen LogP contribution in [-0.4, -0.2) is 15.5 Å². The van der Waals surface area contributed by atoms with Gasteiger partial charge < -0.3 is 9.88 Å². The van der Waals surface area contributed by atoms with Crippen LogP contribution in [0.1, 0.15) is 34.6 Å². The first kappa shape index (κ1) is 20.0. The molecule has 144 valence electrons. The number of aromatic nitrogens is 2. The maximum atomic E-state index is 14.4. The second-order valence-electron chi connectivity index (χ2n) is 5.99. The van der Waals surface area contributed by atoms with Gasteiger partial charge in [0.05, 0.1) is 21.7 Å². The number of pyridine rings is 2. The summed E-state index contributed by atoms with van der Waals surface area (Å²) in [4.78, 5) is 28.6. The van der Waals surface area contributed by atoms with Gasteiger partial charge in [0.2, 0.25) is 0 Å². The molecule has 8 heteroatoms. The Morgan fingerprint density at radius 3 is 2.68 bits per heavy atom. The van der Waals surface area contributed by atoms with E-state index in [0.717, 1.165) is 0 Å². The smallest absolute Gasteiger partial charge is 0.253 e. The molecular formula is C20H16Cl2FN3O2. The van der Waals surface area contributed by atoms with Crippen molar-refractivity contribution in [2.75, 3.05) is 0 Å². The second-order valence-corrected chi connectivity index (χ2v) is 6.81. The van der Waals surface area contributed by atoms with Crippen LogP contribution in [0.2, 0.25) is 10.0 Å².